The van der Waals surface area contributed by atoms with Gasteiger partial charge in [-0.25, -0.2) is 0 Å². The molecule has 12 unspecified atom stereocenters. The minimum absolute atomic E-state index is 0.0426. The lowest BCUT2D eigenvalue weighted by Gasteiger charge is -2.49. The van der Waals surface area contributed by atoms with Crippen LogP contribution in [0.15, 0.2) is 72.8 Å². The number of esters is 5. The van der Waals surface area contributed by atoms with E-state index in [4.69, 9.17) is 43.0 Å². The molecule has 1 N–H and O–H groups in total. The smallest absolute Gasteiger partial charge is 0.316 e. The average Bonchev–Trinajstić information content (AvgIpc) is 1.54. The molecule has 0 spiro atoms. The van der Waals surface area contributed by atoms with Crippen molar-refractivity contribution in [2.75, 3.05) is 0 Å². The fraction of sp³-hybridized carbons (Fsp3) is 0.685. The minimum atomic E-state index is -0.553. The van der Waals surface area contributed by atoms with E-state index in [0.29, 0.717) is 36.8 Å². The standard InChI is InChI=1S/C27H38O4.C21H34O2.C13H18O5.C12H16O3/c1-10-27(8,9)24(28)29-23(19-11-15-21(16-12-19)30-25(2,3)4)20-13-17-22(18-14-20)31-26(5,6)7;1-6-20(4,5)19(22)23-21(12(2)3)11-15-10-16(21)18-14-8-7-13(9-14)17(15)18;1-4-13(2,3)12(15)18-9-7-5-6-8(16-7)10(9)17-11(6)14;1-4-12(2,3)11(14)15-10-7-5-9(13)6-8-10/h11-18,23H,10H2,1-9H3;12-18H,6-11H2,1-5H3;6-10H,4-5H2,1-3H3;5-8,13H,4H2,1-3H3. The van der Waals surface area contributed by atoms with Crippen molar-refractivity contribution in [1.82, 2.24) is 0 Å². The number of carbonyl (C=O) groups excluding carboxylic acids is 5. The van der Waals surface area contributed by atoms with Gasteiger partial charge in [-0.15, -0.1) is 0 Å². The van der Waals surface area contributed by atoms with Gasteiger partial charge in [0.1, 0.15) is 45.9 Å². The zero-order valence-corrected chi connectivity index (χ0v) is 56.3. The molecule has 3 heterocycles. The van der Waals surface area contributed by atoms with Crippen molar-refractivity contribution in [3.05, 3.63) is 83.9 Å². The Bertz CT molecular complexity index is 2790. The summed E-state index contributed by atoms with van der Waals surface area (Å²) in [6.45, 7) is 39.9. The van der Waals surface area contributed by atoms with Gasteiger partial charge >= 0.3 is 29.8 Å². The molecule has 3 aliphatic heterocycles. The molecule has 7 aliphatic rings. The number of fused-ring (bicyclic) bond motifs is 10. The molecule has 3 aromatic carbocycles. The predicted molar refractivity (Wildman–Crippen MR) is 336 cm³/mol. The second-order valence-electron chi connectivity index (χ2n) is 30.7. The molecule has 3 aromatic rings. The molecule has 12 atom stereocenters. The number of carbonyl (C=O) groups is 5. The first-order valence-electron chi connectivity index (χ1n) is 32.5. The lowest BCUT2D eigenvalue weighted by Crippen LogP contribution is -2.52. The van der Waals surface area contributed by atoms with E-state index < -0.39 is 34.6 Å². The molecule has 4 saturated carbocycles. The van der Waals surface area contributed by atoms with Gasteiger partial charge in [-0.2, -0.15) is 0 Å². The minimum Gasteiger partial charge on any atom is -0.508 e. The topological polar surface area (TPSA) is 179 Å². The maximum atomic E-state index is 12.9. The van der Waals surface area contributed by atoms with E-state index in [1.54, 1.807) is 12.1 Å². The summed E-state index contributed by atoms with van der Waals surface area (Å²) in [5, 5.41) is 9.06. The Balaban J connectivity index is 0.000000172. The Morgan fingerprint density at radius 3 is 1.51 bits per heavy atom. The SMILES string of the molecule is CCC(C)(C)C(=O)OC(c1ccc(OC(C)(C)C)cc1)c1ccc(OC(C)(C)C)cc1.CCC(C)(C)C(=O)OC1(C(C)C)CC2CC1C1C3CCC(C3)C21.CCC(C)(C)C(=O)OC1C2CC3C(=O)OC1C3O2.CCC(C)(C)C(=O)Oc1ccc(O)cc1. The summed E-state index contributed by atoms with van der Waals surface area (Å²) >= 11 is 0. The molecular weight excluding hydrogens is 1100 g/mol. The van der Waals surface area contributed by atoms with Crippen LogP contribution in [0.25, 0.3) is 0 Å². The Hall–Kier alpha value is -5.63. The highest BCUT2D eigenvalue weighted by Gasteiger charge is 2.69. The van der Waals surface area contributed by atoms with Crippen molar-refractivity contribution in [1.29, 1.82) is 0 Å². The number of phenols is 1. The lowest BCUT2D eigenvalue weighted by atomic mass is 9.63. The molecule has 0 radical (unpaired) electrons. The number of ether oxygens (including phenoxy) is 8. The largest absolute Gasteiger partial charge is 0.508 e. The summed E-state index contributed by atoms with van der Waals surface area (Å²) in [5.74, 6) is 6.86. The first-order chi connectivity index (χ1) is 40.4. The molecule has 4 aliphatic carbocycles. The number of rotatable bonds is 17. The summed E-state index contributed by atoms with van der Waals surface area (Å²) in [5.41, 5.74) is -0.817. The van der Waals surface area contributed by atoms with Crippen LogP contribution in [0.4, 0.5) is 0 Å². The molecule has 6 bridgehead atoms. The number of hydrogen-bond acceptors (Lipinski definition) is 14. The van der Waals surface area contributed by atoms with Crippen LogP contribution in [0.1, 0.15) is 220 Å². The van der Waals surface area contributed by atoms with Gasteiger partial charge in [-0.05, 0) is 256 Å². The number of benzene rings is 3. The van der Waals surface area contributed by atoms with Crippen LogP contribution in [-0.4, -0.2) is 76.2 Å². The van der Waals surface area contributed by atoms with E-state index >= 15 is 0 Å². The van der Waals surface area contributed by atoms with Gasteiger partial charge in [0.05, 0.1) is 33.7 Å². The van der Waals surface area contributed by atoms with Crippen LogP contribution >= 0.6 is 0 Å². The first-order valence-corrected chi connectivity index (χ1v) is 32.5. The highest BCUT2D eigenvalue weighted by atomic mass is 16.7. The molecule has 0 amide bonds. The van der Waals surface area contributed by atoms with Crippen LogP contribution in [0.2, 0.25) is 0 Å². The third-order valence-electron chi connectivity index (χ3n) is 20.3. The van der Waals surface area contributed by atoms with Crippen molar-refractivity contribution in [2.45, 2.75) is 250 Å². The van der Waals surface area contributed by atoms with Gasteiger partial charge in [0.25, 0.3) is 0 Å². The van der Waals surface area contributed by atoms with Crippen LogP contribution < -0.4 is 14.2 Å². The molecule has 14 heteroatoms. The Morgan fingerprint density at radius 2 is 1.02 bits per heavy atom. The van der Waals surface area contributed by atoms with Crippen LogP contribution in [0.3, 0.4) is 0 Å². The maximum Gasteiger partial charge on any atom is 0.316 e. The molecule has 3 saturated heterocycles. The first kappa shape index (κ1) is 68.9. The fourth-order valence-corrected chi connectivity index (χ4v) is 13.6. The van der Waals surface area contributed by atoms with E-state index in [9.17, 15) is 24.0 Å². The van der Waals surface area contributed by atoms with Crippen molar-refractivity contribution in [3.8, 4) is 23.0 Å². The van der Waals surface area contributed by atoms with Gasteiger partial charge in [0.2, 0.25) is 0 Å². The molecule has 14 nitrogen and oxygen atoms in total. The second kappa shape index (κ2) is 26.4. The lowest BCUT2D eigenvalue weighted by molar-refractivity contribution is -0.190. The summed E-state index contributed by atoms with van der Waals surface area (Å²) in [7, 11) is 0. The van der Waals surface area contributed by atoms with E-state index in [-0.39, 0.29) is 75.9 Å². The van der Waals surface area contributed by atoms with Crippen molar-refractivity contribution < 1.29 is 67.0 Å². The second-order valence-corrected chi connectivity index (χ2v) is 30.7. The summed E-state index contributed by atoms with van der Waals surface area (Å²) in [6.07, 6.45) is 8.79. The maximum absolute atomic E-state index is 12.9. The highest BCUT2D eigenvalue weighted by molar-refractivity contribution is 5.80. The Morgan fingerprint density at radius 1 is 0.563 bits per heavy atom. The van der Waals surface area contributed by atoms with Crippen molar-refractivity contribution in [2.24, 2.45) is 69.0 Å². The van der Waals surface area contributed by atoms with Crippen LogP contribution in [0.5, 0.6) is 23.0 Å². The molecule has 0 aromatic heterocycles. The zero-order chi connectivity index (χ0) is 64.6. The number of aromatic hydroxyl groups is 1. The van der Waals surface area contributed by atoms with Crippen molar-refractivity contribution >= 4 is 29.8 Å². The van der Waals surface area contributed by atoms with Crippen LogP contribution in [0, 0.1) is 69.0 Å². The number of phenolic OH excluding ortho intramolecular Hbond substituents is 1. The third kappa shape index (κ3) is 15.7. The summed E-state index contributed by atoms with van der Waals surface area (Å²) in [6, 6.07) is 21.6. The molecule has 87 heavy (non-hydrogen) atoms. The molecular formula is C73H106O14. The monoisotopic (exact) mass is 1210 g/mol. The van der Waals surface area contributed by atoms with Gasteiger partial charge < -0.3 is 43.0 Å². The molecule has 482 valence electrons. The third-order valence-corrected chi connectivity index (χ3v) is 20.3. The molecule has 10 rings (SSSR count). The Kier molecular flexibility index (Phi) is 20.9. The quantitative estimate of drug-likeness (QED) is 0.0584. The van der Waals surface area contributed by atoms with E-state index in [0.717, 1.165) is 71.5 Å². The Labute approximate surface area is 520 Å². The average molecular weight is 1210 g/mol. The normalized spacial score (nSPS) is 27.4. The van der Waals surface area contributed by atoms with Crippen LogP contribution in [-0.2, 0) is 47.7 Å². The predicted octanol–water partition coefficient (Wildman–Crippen LogP) is 16.0. The van der Waals surface area contributed by atoms with Gasteiger partial charge in [-0.1, -0.05) is 65.8 Å². The summed E-state index contributed by atoms with van der Waals surface area (Å²) in [4.78, 5) is 61.0. The van der Waals surface area contributed by atoms with Gasteiger partial charge in [0.15, 0.2) is 18.3 Å². The fourth-order valence-electron chi connectivity index (χ4n) is 13.6. The van der Waals surface area contributed by atoms with Gasteiger partial charge in [0, 0.05) is 5.92 Å². The van der Waals surface area contributed by atoms with Gasteiger partial charge in [-0.3, -0.25) is 24.0 Å². The molecule has 7 fully saturated rings. The van der Waals surface area contributed by atoms with E-state index in [2.05, 4.69) is 20.8 Å². The van der Waals surface area contributed by atoms with Crippen molar-refractivity contribution in [3.63, 3.8) is 0 Å². The van der Waals surface area contributed by atoms with E-state index in [1.165, 1.54) is 37.8 Å². The highest BCUT2D eigenvalue weighted by Crippen LogP contribution is 2.71. The zero-order valence-electron chi connectivity index (χ0n) is 56.3. The number of hydrogen-bond donors (Lipinski definition) is 1. The summed E-state index contributed by atoms with van der Waals surface area (Å²) < 4.78 is 46.0. The van der Waals surface area contributed by atoms with E-state index in [1.807, 2.05) is 166 Å².